The number of methoxy groups -OCH3 is 1. The Morgan fingerprint density at radius 1 is 1.17 bits per heavy atom. The van der Waals surface area contributed by atoms with E-state index >= 15 is 0 Å². The second-order valence-corrected chi connectivity index (χ2v) is 5.28. The van der Waals surface area contributed by atoms with Crippen molar-refractivity contribution in [3.63, 3.8) is 0 Å². The Balaban J connectivity index is 2.13. The summed E-state index contributed by atoms with van der Waals surface area (Å²) in [5.74, 6) is -0.284. The molecule has 0 aliphatic rings. The molecule has 2 rings (SSSR count). The molecule has 0 atom stereocenters. The fourth-order valence-corrected chi connectivity index (χ4v) is 2.29. The molecule has 0 amide bonds. The third-order valence-corrected chi connectivity index (χ3v) is 3.57. The molecular weight excluding hydrogens is 345 g/mol. The maximum absolute atomic E-state index is 11.3. The van der Waals surface area contributed by atoms with Crippen LogP contribution in [0, 0.1) is 10.1 Å². The van der Waals surface area contributed by atoms with E-state index in [2.05, 4.69) is 4.74 Å². The Morgan fingerprint density at radius 2 is 1.83 bits per heavy atom. The summed E-state index contributed by atoms with van der Waals surface area (Å²) < 4.78 is 10.1. The van der Waals surface area contributed by atoms with Crippen LogP contribution in [0.25, 0.3) is 0 Å². The van der Waals surface area contributed by atoms with Gasteiger partial charge in [0.15, 0.2) is 0 Å². The molecule has 6 nitrogen and oxygen atoms in total. The van der Waals surface area contributed by atoms with Crippen LogP contribution in [0.5, 0.6) is 5.75 Å². The second-order valence-electron chi connectivity index (χ2n) is 4.47. The van der Waals surface area contributed by atoms with Crippen LogP contribution in [-0.2, 0) is 11.3 Å². The van der Waals surface area contributed by atoms with Crippen molar-refractivity contribution < 1.29 is 19.2 Å². The molecule has 23 heavy (non-hydrogen) atoms. The Morgan fingerprint density at radius 3 is 2.39 bits per heavy atom. The molecule has 120 valence electrons. The maximum Gasteiger partial charge on any atom is 0.337 e. The minimum absolute atomic E-state index is 0.0604. The SMILES string of the molecule is COC(=O)c1ccc(COc2cc([N+](=O)[O-])c(Cl)cc2Cl)cc1. The highest BCUT2D eigenvalue weighted by atomic mass is 35.5. The van der Waals surface area contributed by atoms with Gasteiger partial charge in [-0.25, -0.2) is 4.79 Å². The van der Waals surface area contributed by atoms with E-state index in [4.69, 9.17) is 27.9 Å². The molecule has 8 heteroatoms. The standard InChI is InChI=1S/C15H11Cl2NO5/c1-22-15(19)10-4-2-9(3-5-10)8-23-14-7-13(18(20)21)11(16)6-12(14)17/h2-7H,8H2,1H3. The topological polar surface area (TPSA) is 78.7 Å². The third kappa shape index (κ3) is 4.12. The van der Waals surface area contributed by atoms with E-state index in [0.29, 0.717) is 5.56 Å². The molecule has 0 aromatic heterocycles. The number of carbonyl (C=O) groups excluding carboxylic acids is 1. The van der Waals surface area contributed by atoms with Crippen LogP contribution in [0.1, 0.15) is 15.9 Å². The summed E-state index contributed by atoms with van der Waals surface area (Å²) in [4.78, 5) is 21.6. The third-order valence-electron chi connectivity index (χ3n) is 2.97. The van der Waals surface area contributed by atoms with E-state index in [1.165, 1.54) is 19.2 Å². The number of nitro benzene ring substituents is 1. The van der Waals surface area contributed by atoms with E-state index in [-0.39, 0.29) is 28.1 Å². The van der Waals surface area contributed by atoms with E-state index in [9.17, 15) is 14.9 Å². The lowest BCUT2D eigenvalue weighted by atomic mass is 10.1. The van der Waals surface area contributed by atoms with Gasteiger partial charge in [-0.05, 0) is 23.8 Å². The van der Waals surface area contributed by atoms with Crippen molar-refractivity contribution in [2.75, 3.05) is 7.11 Å². The van der Waals surface area contributed by atoms with Gasteiger partial charge in [0, 0.05) is 0 Å². The lowest BCUT2D eigenvalue weighted by Crippen LogP contribution is -2.02. The monoisotopic (exact) mass is 355 g/mol. The van der Waals surface area contributed by atoms with Gasteiger partial charge in [-0.2, -0.15) is 0 Å². The molecule has 2 aromatic carbocycles. The fraction of sp³-hybridized carbons (Fsp3) is 0.133. The smallest absolute Gasteiger partial charge is 0.337 e. The van der Waals surface area contributed by atoms with E-state index in [0.717, 1.165) is 5.56 Å². The zero-order chi connectivity index (χ0) is 17.0. The second kappa shape index (κ2) is 7.30. The highest BCUT2D eigenvalue weighted by Gasteiger charge is 2.17. The van der Waals surface area contributed by atoms with Gasteiger partial charge in [0.25, 0.3) is 5.69 Å². The summed E-state index contributed by atoms with van der Waals surface area (Å²) in [5.41, 5.74) is 0.884. The van der Waals surface area contributed by atoms with Crippen LogP contribution >= 0.6 is 23.2 Å². The predicted octanol–water partition coefficient (Wildman–Crippen LogP) is 4.27. The van der Waals surface area contributed by atoms with Gasteiger partial charge >= 0.3 is 5.97 Å². The molecule has 0 saturated carbocycles. The predicted molar refractivity (Wildman–Crippen MR) is 85.2 cm³/mol. The number of rotatable bonds is 5. The van der Waals surface area contributed by atoms with Crippen molar-refractivity contribution in [1.82, 2.24) is 0 Å². The van der Waals surface area contributed by atoms with Crippen molar-refractivity contribution >= 4 is 34.9 Å². The first kappa shape index (κ1) is 17.1. The van der Waals surface area contributed by atoms with Gasteiger partial charge in [-0.15, -0.1) is 0 Å². The fourth-order valence-electron chi connectivity index (χ4n) is 1.78. The first-order valence-corrected chi connectivity index (χ1v) is 7.11. The minimum atomic E-state index is -0.614. The number of esters is 1. The summed E-state index contributed by atoms with van der Waals surface area (Å²) in [6.45, 7) is 0.125. The zero-order valence-corrected chi connectivity index (χ0v) is 13.4. The number of nitrogens with zero attached hydrogens (tertiary/aromatic N) is 1. The number of halogens is 2. The molecule has 0 spiro atoms. The van der Waals surface area contributed by atoms with Crippen LogP contribution in [0.2, 0.25) is 10.0 Å². The van der Waals surface area contributed by atoms with Crippen molar-refractivity contribution in [2.24, 2.45) is 0 Å². The van der Waals surface area contributed by atoms with Crippen molar-refractivity contribution in [3.05, 3.63) is 67.7 Å². The normalized spacial score (nSPS) is 10.2. The lowest BCUT2D eigenvalue weighted by Gasteiger charge is -2.09. The van der Waals surface area contributed by atoms with E-state index < -0.39 is 10.9 Å². The number of nitro groups is 1. The van der Waals surface area contributed by atoms with Gasteiger partial charge in [-0.1, -0.05) is 35.3 Å². The van der Waals surface area contributed by atoms with Crippen molar-refractivity contribution in [3.8, 4) is 5.75 Å². The average molecular weight is 356 g/mol. The number of ether oxygens (including phenoxy) is 2. The summed E-state index contributed by atoms with van der Waals surface area (Å²) in [6, 6.07) is 8.99. The summed E-state index contributed by atoms with van der Waals surface area (Å²) in [7, 11) is 1.30. The van der Waals surface area contributed by atoms with Crippen molar-refractivity contribution in [2.45, 2.75) is 6.61 Å². The summed E-state index contributed by atoms with van der Waals surface area (Å²) in [5, 5.41) is 11.0. The van der Waals surface area contributed by atoms with Crippen LogP contribution in [0.15, 0.2) is 36.4 Å². The molecular formula is C15H11Cl2NO5. The highest BCUT2D eigenvalue weighted by Crippen LogP contribution is 2.35. The number of hydrogen-bond acceptors (Lipinski definition) is 5. The lowest BCUT2D eigenvalue weighted by molar-refractivity contribution is -0.384. The molecule has 0 heterocycles. The Kier molecular flexibility index (Phi) is 5.41. The molecule has 0 aliphatic carbocycles. The number of carbonyl (C=O) groups is 1. The van der Waals surface area contributed by atoms with Crippen LogP contribution in [0.3, 0.4) is 0 Å². The highest BCUT2D eigenvalue weighted by molar-refractivity contribution is 6.36. The Labute approximate surface area is 141 Å². The average Bonchev–Trinajstić information content (AvgIpc) is 2.53. The number of benzene rings is 2. The Bertz CT molecular complexity index is 746. The molecule has 0 bridgehead atoms. The molecule has 0 N–H and O–H groups in total. The van der Waals surface area contributed by atoms with Gasteiger partial charge < -0.3 is 9.47 Å². The molecule has 0 aliphatic heterocycles. The minimum Gasteiger partial charge on any atom is -0.487 e. The van der Waals surface area contributed by atoms with Crippen LogP contribution < -0.4 is 4.74 Å². The number of hydrogen-bond donors (Lipinski definition) is 0. The first-order valence-electron chi connectivity index (χ1n) is 6.36. The van der Waals surface area contributed by atoms with E-state index in [1.807, 2.05) is 0 Å². The molecule has 2 aromatic rings. The van der Waals surface area contributed by atoms with Gasteiger partial charge in [0.05, 0.1) is 28.7 Å². The Hall–Kier alpha value is -2.31. The first-order chi connectivity index (χ1) is 10.9. The molecule has 0 saturated heterocycles. The summed E-state index contributed by atoms with van der Waals surface area (Å²) >= 11 is 11.7. The van der Waals surface area contributed by atoms with E-state index in [1.54, 1.807) is 24.3 Å². The maximum atomic E-state index is 11.3. The van der Waals surface area contributed by atoms with Gasteiger partial charge in [0.2, 0.25) is 0 Å². The van der Waals surface area contributed by atoms with Crippen LogP contribution in [0.4, 0.5) is 5.69 Å². The molecule has 0 radical (unpaired) electrons. The van der Waals surface area contributed by atoms with Gasteiger partial charge in [-0.3, -0.25) is 10.1 Å². The van der Waals surface area contributed by atoms with Crippen molar-refractivity contribution in [1.29, 1.82) is 0 Å². The van der Waals surface area contributed by atoms with Crippen LogP contribution in [-0.4, -0.2) is 18.0 Å². The van der Waals surface area contributed by atoms with Gasteiger partial charge in [0.1, 0.15) is 17.4 Å². The molecule has 0 unspecified atom stereocenters. The largest absolute Gasteiger partial charge is 0.487 e. The quantitative estimate of drug-likeness (QED) is 0.454. The molecule has 0 fully saturated rings. The summed E-state index contributed by atoms with van der Waals surface area (Å²) in [6.07, 6.45) is 0. The zero-order valence-electron chi connectivity index (χ0n) is 11.9.